The highest BCUT2D eigenvalue weighted by Gasteiger charge is 2.32. The van der Waals surface area contributed by atoms with Crippen LogP contribution in [0.2, 0.25) is 5.02 Å². The molecule has 6 nitrogen and oxygen atoms in total. The monoisotopic (exact) mass is 448 g/mol. The van der Waals surface area contributed by atoms with Crippen molar-refractivity contribution in [3.63, 3.8) is 0 Å². The van der Waals surface area contributed by atoms with E-state index in [1.165, 1.54) is 6.21 Å². The summed E-state index contributed by atoms with van der Waals surface area (Å²) < 4.78 is 38.9. The summed E-state index contributed by atoms with van der Waals surface area (Å²) in [7, 11) is 0. The summed E-state index contributed by atoms with van der Waals surface area (Å²) in [4.78, 5) is 18.7. The van der Waals surface area contributed by atoms with Gasteiger partial charge in [-0.25, -0.2) is 4.99 Å². The largest absolute Gasteiger partial charge is 0.481 e. The molecule has 156 valence electrons. The minimum Gasteiger partial charge on any atom is -0.481 e. The number of halogens is 5. The predicted octanol–water partition coefficient (Wildman–Crippen LogP) is 3.88. The van der Waals surface area contributed by atoms with E-state index in [2.05, 4.69) is 4.99 Å². The molecule has 2 aliphatic rings. The first-order chi connectivity index (χ1) is 13.6. The van der Waals surface area contributed by atoms with Gasteiger partial charge in [0.2, 0.25) is 0 Å². The molecule has 1 unspecified atom stereocenters. The number of aliphatic imine (C=N–C) groups is 1. The summed E-state index contributed by atoms with van der Waals surface area (Å²) in [6, 6.07) is 2.91. The van der Waals surface area contributed by atoms with Crippen molar-refractivity contribution >= 4 is 41.2 Å². The summed E-state index contributed by atoms with van der Waals surface area (Å²) in [6.07, 6.45) is -3.01. The highest BCUT2D eigenvalue weighted by molar-refractivity contribution is 6.34. The minimum atomic E-state index is -4.52. The van der Waals surface area contributed by atoms with Gasteiger partial charge in [0.1, 0.15) is 11.7 Å². The summed E-state index contributed by atoms with van der Waals surface area (Å²) in [5.74, 6) is -1.35. The lowest BCUT2D eigenvalue weighted by Crippen LogP contribution is -2.48. The molecule has 0 aliphatic carbocycles. The van der Waals surface area contributed by atoms with E-state index in [1.54, 1.807) is 4.90 Å². The molecule has 1 atom stereocenters. The lowest BCUT2D eigenvalue weighted by molar-refractivity contribution is -0.139. The van der Waals surface area contributed by atoms with Gasteiger partial charge in [-0.15, -0.1) is 0 Å². The molecule has 2 N–H and O–H groups in total. The average molecular weight is 449 g/mol. The maximum atomic E-state index is 13.0. The number of aliphatic carboxylic acids is 1. The van der Waals surface area contributed by atoms with Crippen LogP contribution in [-0.4, -0.2) is 59.1 Å². The van der Waals surface area contributed by atoms with Crippen LogP contribution in [0.1, 0.15) is 17.5 Å². The van der Waals surface area contributed by atoms with Crippen LogP contribution >= 0.6 is 23.2 Å². The van der Waals surface area contributed by atoms with E-state index in [1.807, 2.05) is 4.90 Å². The number of hydrogen-bond donors (Lipinski definition) is 2. The van der Waals surface area contributed by atoms with Gasteiger partial charge in [-0.05, 0) is 18.2 Å². The third-order valence-corrected chi connectivity index (χ3v) is 5.43. The second-order valence-electron chi connectivity index (χ2n) is 6.67. The quantitative estimate of drug-likeness (QED) is 0.542. The first-order valence-corrected chi connectivity index (χ1v) is 9.44. The van der Waals surface area contributed by atoms with Crippen molar-refractivity contribution in [2.75, 3.05) is 26.2 Å². The molecule has 0 saturated carbocycles. The van der Waals surface area contributed by atoms with Crippen LogP contribution in [0.5, 0.6) is 0 Å². The Balaban J connectivity index is 1.69. The highest BCUT2D eigenvalue weighted by Crippen LogP contribution is 2.32. The number of alkyl halides is 3. The van der Waals surface area contributed by atoms with Crippen molar-refractivity contribution in [1.82, 2.24) is 9.80 Å². The number of nitrogens with one attached hydrogen (secondary N) is 1. The second kappa shape index (κ2) is 8.23. The van der Waals surface area contributed by atoms with E-state index < -0.39 is 23.6 Å². The van der Waals surface area contributed by atoms with Gasteiger partial charge in [0, 0.05) is 44.4 Å². The number of nitrogens with zero attached hydrogens (tertiary/aromatic N) is 3. The molecule has 1 aromatic rings. The molecule has 1 aromatic carbocycles. The Kier molecular flexibility index (Phi) is 6.09. The number of benzene rings is 1. The van der Waals surface area contributed by atoms with Crippen LogP contribution < -0.4 is 0 Å². The van der Waals surface area contributed by atoms with Crippen LogP contribution in [0.25, 0.3) is 0 Å². The molecule has 2 heterocycles. The van der Waals surface area contributed by atoms with Crippen molar-refractivity contribution in [3.8, 4) is 0 Å². The maximum absolute atomic E-state index is 13.0. The fourth-order valence-corrected chi connectivity index (χ4v) is 3.71. The number of carboxylic acids is 1. The SMILES string of the molecule is N=C(c1cc(C(F)(F)F)ccc1Cl)N1CCN(C2=C(Cl)CC(C(=O)O)C=N2)CC1. The summed E-state index contributed by atoms with van der Waals surface area (Å²) in [5, 5.41) is 17.8. The normalized spacial score (nSPS) is 20.2. The van der Waals surface area contributed by atoms with E-state index in [0.29, 0.717) is 37.0 Å². The number of allylic oxidation sites excluding steroid dienone is 1. The fraction of sp³-hybridized carbons (Fsp3) is 0.389. The van der Waals surface area contributed by atoms with Crippen LogP contribution in [0.15, 0.2) is 34.0 Å². The van der Waals surface area contributed by atoms with Gasteiger partial charge >= 0.3 is 12.1 Å². The van der Waals surface area contributed by atoms with Crippen molar-refractivity contribution in [3.05, 3.63) is 45.2 Å². The zero-order valence-electron chi connectivity index (χ0n) is 15.0. The minimum absolute atomic E-state index is 0.0205. The number of hydrogen-bond acceptors (Lipinski definition) is 4. The van der Waals surface area contributed by atoms with Crippen LogP contribution in [0.3, 0.4) is 0 Å². The van der Waals surface area contributed by atoms with Gasteiger partial charge in [-0.2, -0.15) is 13.2 Å². The Bertz CT molecular complexity index is 894. The number of rotatable bonds is 3. The molecule has 0 aromatic heterocycles. The Hall–Kier alpha value is -2.26. The smallest absolute Gasteiger partial charge is 0.416 e. The van der Waals surface area contributed by atoms with Gasteiger partial charge in [0.15, 0.2) is 0 Å². The lowest BCUT2D eigenvalue weighted by atomic mass is 10.0. The Morgan fingerprint density at radius 2 is 1.86 bits per heavy atom. The third kappa shape index (κ3) is 4.67. The van der Waals surface area contributed by atoms with Crippen LogP contribution in [-0.2, 0) is 11.0 Å². The third-order valence-electron chi connectivity index (χ3n) is 4.78. The van der Waals surface area contributed by atoms with Gasteiger partial charge in [0.05, 0.1) is 21.5 Å². The van der Waals surface area contributed by atoms with Crippen molar-refractivity contribution < 1.29 is 23.1 Å². The highest BCUT2D eigenvalue weighted by atomic mass is 35.5. The molecular weight excluding hydrogens is 432 g/mol. The zero-order chi connectivity index (χ0) is 21.3. The molecule has 2 aliphatic heterocycles. The Morgan fingerprint density at radius 3 is 2.41 bits per heavy atom. The average Bonchev–Trinajstić information content (AvgIpc) is 2.67. The molecule has 1 fully saturated rings. The van der Waals surface area contributed by atoms with Gasteiger partial charge < -0.3 is 14.9 Å². The van der Waals surface area contributed by atoms with Crippen LogP contribution in [0, 0.1) is 11.3 Å². The topological polar surface area (TPSA) is 80.0 Å². The van der Waals surface area contributed by atoms with E-state index in [4.69, 9.17) is 33.7 Å². The summed E-state index contributed by atoms with van der Waals surface area (Å²) in [5.41, 5.74) is -0.839. The molecule has 11 heteroatoms. The van der Waals surface area contributed by atoms with Crippen molar-refractivity contribution in [1.29, 1.82) is 5.41 Å². The molecule has 0 spiro atoms. The molecule has 0 radical (unpaired) electrons. The molecule has 0 amide bonds. The molecular formula is C18H17Cl2F3N4O2. The Labute approximate surface area is 174 Å². The van der Waals surface area contributed by atoms with E-state index in [-0.39, 0.29) is 22.8 Å². The standard InChI is InChI=1S/C18H17Cl2F3N4O2/c19-13-2-1-11(18(21,22)23)8-12(13)15(24)26-3-5-27(6-4-26)16-14(20)7-10(9-25-16)17(28)29/h1-2,8-10,24H,3-7H2,(H,28,29). The zero-order valence-corrected chi connectivity index (χ0v) is 16.5. The fourth-order valence-electron chi connectivity index (χ4n) is 3.17. The lowest BCUT2D eigenvalue weighted by Gasteiger charge is -2.38. The summed E-state index contributed by atoms with van der Waals surface area (Å²) in [6.45, 7) is 1.58. The molecule has 29 heavy (non-hydrogen) atoms. The first-order valence-electron chi connectivity index (χ1n) is 8.69. The molecule has 0 bridgehead atoms. The summed E-state index contributed by atoms with van der Waals surface area (Å²) >= 11 is 12.2. The van der Waals surface area contributed by atoms with Gasteiger partial charge in [-0.3, -0.25) is 10.2 Å². The van der Waals surface area contributed by atoms with Gasteiger partial charge in [0.25, 0.3) is 0 Å². The molecule has 1 saturated heterocycles. The first kappa shape index (κ1) is 21.4. The van der Waals surface area contributed by atoms with Crippen molar-refractivity contribution in [2.24, 2.45) is 10.9 Å². The predicted molar refractivity (Wildman–Crippen MR) is 104 cm³/mol. The number of amidine groups is 1. The number of carbonyl (C=O) groups is 1. The number of carboxylic acid groups (broad SMARTS) is 1. The molecule has 3 rings (SSSR count). The maximum Gasteiger partial charge on any atom is 0.416 e. The van der Waals surface area contributed by atoms with E-state index in [9.17, 15) is 18.0 Å². The van der Waals surface area contributed by atoms with E-state index in [0.717, 1.165) is 18.2 Å². The van der Waals surface area contributed by atoms with Crippen molar-refractivity contribution in [2.45, 2.75) is 12.6 Å². The second-order valence-corrected chi connectivity index (χ2v) is 7.53. The Morgan fingerprint density at radius 1 is 1.21 bits per heavy atom. The van der Waals surface area contributed by atoms with E-state index >= 15 is 0 Å². The van der Waals surface area contributed by atoms with Gasteiger partial charge in [-0.1, -0.05) is 23.2 Å². The number of piperazine rings is 1. The van der Waals surface area contributed by atoms with Crippen LogP contribution in [0.4, 0.5) is 13.2 Å².